The molecule has 0 amide bonds. The molecule has 0 fully saturated rings. The van der Waals surface area contributed by atoms with Crippen molar-refractivity contribution in [3.8, 4) is 0 Å². The smallest absolute Gasteiger partial charge is 0.337 e. The Labute approximate surface area is 95.9 Å². The molecular formula is C10H12O5S. The topological polar surface area (TPSA) is 72.8 Å². The fourth-order valence-corrected chi connectivity index (χ4v) is 1.57. The molecule has 1 aromatic carbocycles. The van der Waals surface area contributed by atoms with Crippen LogP contribution in [0.4, 0.5) is 0 Å². The molecule has 0 aliphatic carbocycles. The van der Waals surface area contributed by atoms with E-state index in [1.807, 2.05) is 0 Å². The second kappa shape index (κ2) is 5.74. The standard InChI is InChI=1S/C10H12O5S/c1-7(15-16(12)13)8-4-3-5-9(6-8)10(11)14-2/h3-7H,1-2H3,(H,12,13). The van der Waals surface area contributed by atoms with E-state index in [0.29, 0.717) is 11.1 Å². The van der Waals surface area contributed by atoms with E-state index in [0.717, 1.165) is 0 Å². The minimum atomic E-state index is -2.33. The van der Waals surface area contributed by atoms with Crippen LogP contribution in [0.1, 0.15) is 28.9 Å². The summed E-state index contributed by atoms with van der Waals surface area (Å²) in [6.45, 7) is 1.62. The minimum Gasteiger partial charge on any atom is -0.465 e. The van der Waals surface area contributed by atoms with Crippen LogP contribution in [0.15, 0.2) is 24.3 Å². The van der Waals surface area contributed by atoms with Gasteiger partial charge in [0.15, 0.2) is 0 Å². The maximum atomic E-state index is 11.2. The predicted molar refractivity (Wildman–Crippen MR) is 58.1 cm³/mol. The van der Waals surface area contributed by atoms with Crippen LogP contribution in [-0.4, -0.2) is 21.8 Å². The Kier molecular flexibility index (Phi) is 4.60. The van der Waals surface area contributed by atoms with Gasteiger partial charge in [0.1, 0.15) is 0 Å². The van der Waals surface area contributed by atoms with Crippen LogP contribution >= 0.6 is 0 Å². The lowest BCUT2D eigenvalue weighted by Crippen LogP contribution is -2.05. The van der Waals surface area contributed by atoms with E-state index >= 15 is 0 Å². The van der Waals surface area contributed by atoms with E-state index in [1.54, 1.807) is 31.2 Å². The van der Waals surface area contributed by atoms with E-state index in [-0.39, 0.29) is 0 Å². The molecule has 0 aliphatic rings. The first-order chi connectivity index (χ1) is 7.54. The van der Waals surface area contributed by atoms with Crippen LogP contribution in [0.2, 0.25) is 0 Å². The Morgan fingerprint density at radius 3 is 2.75 bits per heavy atom. The number of methoxy groups -OCH3 is 1. The molecule has 0 radical (unpaired) electrons. The largest absolute Gasteiger partial charge is 0.465 e. The zero-order valence-electron chi connectivity index (χ0n) is 8.88. The van der Waals surface area contributed by atoms with Crippen molar-refractivity contribution in [3.63, 3.8) is 0 Å². The third kappa shape index (κ3) is 3.41. The van der Waals surface area contributed by atoms with Crippen molar-refractivity contribution in [2.45, 2.75) is 13.0 Å². The molecule has 1 rings (SSSR count). The maximum absolute atomic E-state index is 11.2. The number of hydrogen-bond acceptors (Lipinski definition) is 4. The number of ether oxygens (including phenoxy) is 1. The van der Waals surface area contributed by atoms with Gasteiger partial charge in [-0.3, -0.25) is 8.74 Å². The van der Waals surface area contributed by atoms with Gasteiger partial charge in [0.2, 0.25) is 0 Å². The highest BCUT2D eigenvalue weighted by atomic mass is 32.2. The highest BCUT2D eigenvalue weighted by Crippen LogP contribution is 2.19. The van der Waals surface area contributed by atoms with Gasteiger partial charge in [-0.2, -0.15) is 4.21 Å². The molecule has 0 spiro atoms. The van der Waals surface area contributed by atoms with E-state index < -0.39 is 23.4 Å². The third-order valence-corrected chi connectivity index (χ3v) is 2.46. The Morgan fingerprint density at radius 1 is 1.50 bits per heavy atom. The summed E-state index contributed by atoms with van der Waals surface area (Å²) in [7, 11) is 1.29. The lowest BCUT2D eigenvalue weighted by molar-refractivity contribution is 0.0600. The molecule has 0 saturated heterocycles. The monoisotopic (exact) mass is 244 g/mol. The molecule has 0 aliphatic heterocycles. The van der Waals surface area contributed by atoms with Gasteiger partial charge in [0.05, 0.1) is 18.8 Å². The van der Waals surface area contributed by atoms with Crippen LogP contribution < -0.4 is 0 Å². The molecule has 2 unspecified atom stereocenters. The van der Waals surface area contributed by atoms with Gasteiger partial charge < -0.3 is 4.74 Å². The summed E-state index contributed by atoms with van der Waals surface area (Å²) in [5.41, 5.74) is 1.00. The average molecular weight is 244 g/mol. The van der Waals surface area contributed by atoms with Gasteiger partial charge in [-0.05, 0) is 24.6 Å². The Bertz CT molecular complexity index is 404. The van der Waals surface area contributed by atoms with Crippen molar-refractivity contribution < 1.29 is 22.5 Å². The molecule has 0 aromatic heterocycles. The minimum absolute atomic E-state index is 0.374. The summed E-state index contributed by atoms with van der Waals surface area (Å²) >= 11 is -2.33. The molecule has 16 heavy (non-hydrogen) atoms. The second-order valence-corrected chi connectivity index (χ2v) is 3.70. The van der Waals surface area contributed by atoms with Crippen molar-refractivity contribution in [1.29, 1.82) is 0 Å². The molecule has 0 bridgehead atoms. The maximum Gasteiger partial charge on any atom is 0.337 e. The summed E-state index contributed by atoms with van der Waals surface area (Å²) in [6, 6.07) is 6.51. The third-order valence-electron chi connectivity index (χ3n) is 2.00. The Balaban J connectivity index is 2.89. The molecule has 0 heterocycles. The average Bonchev–Trinajstić information content (AvgIpc) is 2.27. The first-order valence-electron chi connectivity index (χ1n) is 4.51. The number of benzene rings is 1. The summed E-state index contributed by atoms with van der Waals surface area (Å²) < 4.78 is 28.3. The van der Waals surface area contributed by atoms with Crippen molar-refractivity contribution in [2.75, 3.05) is 7.11 Å². The van der Waals surface area contributed by atoms with Gasteiger partial charge in [-0.15, -0.1) is 0 Å². The highest BCUT2D eigenvalue weighted by molar-refractivity contribution is 7.74. The van der Waals surface area contributed by atoms with Crippen LogP contribution in [0.25, 0.3) is 0 Å². The van der Waals surface area contributed by atoms with Crippen LogP contribution in [0.5, 0.6) is 0 Å². The first kappa shape index (κ1) is 12.8. The lowest BCUT2D eigenvalue weighted by Gasteiger charge is -2.10. The number of hydrogen-bond donors (Lipinski definition) is 1. The molecule has 5 nitrogen and oxygen atoms in total. The van der Waals surface area contributed by atoms with Gasteiger partial charge >= 0.3 is 17.3 Å². The van der Waals surface area contributed by atoms with Gasteiger partial charge in [0, 0.05) is 0 Å². The lowest BCUT2D eigenvalue weighted by atomic mass is 10.1. The SMILES string of the molecule is COC(=O)c1cccc(C(C)OS(=O)O)c1. The van der Waals surface area contributed by atoms with Crippen molar-refractivity contribution >= 4 is 17.3 Å². The quantitative estimate of drug-likeness (QED) is 0.644. The fourth-order valence-electron chi connectivity index (χ4n) is 1.22. The zero-order chi connectivity index (χ0) is 12.1. The summed E-state index contributed by atoms with van der Waals surface area (Å²) in [5, 5.41) is 0. The molecule has 2 atom stereocenters. The van der Waals surface area contributed by atoms with Crippen LogP contribution in [0, 0.1) is 0 Å². The van der Waals surface area contributed by atoms with Crippen LogP contribution in [-0.2, 0) is 20.3 Å². The van der Waals surface area contributed by atoms with E-state index in [9.17, 15) is 9.00 Å². The molecule has 6 heteroatoms. The van der Waals surface area contributed by atoms with Crippen molar-refractivity contribution in [3.05, 3.63) is 35.4 Å². The van der Waals surface area contributed by atoms with Gasteiger partial charge in [-0.1, -0.05) is 12.1 Å². The number of carbonyl (C=O) groups excluding carboxylic acids is 1. The zero-order valence-corrected chi connectivity index (χ0v) is 9.69. The Morgan fingerprint density at radius 2 is 2.19 bits per heavy atom. The molecule has 0 saturated carbocycles. The molecule has 88 valence electrons. The van der Waals surface area contributed by atoms with E-state index in [1.165, 1.54) is 7.11 Å². The number of carbonyl (C=O) groups is 1. The van der Waals surface area contributed by atoms with Crippen LogP contribution in [0.3, 0.4) is 0 Å². The summed E-state index contributed by atoms with van der Waals surface area (Å²) in [4.78, 5) is 11.2. The molecule has 1 N–H and O–H groups in total. The molecular weight excluding hydrogens is 232 g/mol. The van der Waals surface area contributed by atoms with E-state index in [4.69, 9.17) is 4.55 Å². The first-order valence-corrected chi connectivity index (χ1v) is 5.54. The summed E-state index contributed by atoms with van der Waals surface area (Å²) in [5.74, 6) is -0.459. The summed E-state index contributed by atoms with van der Waals surface area (Å²) in [6.07, 6.45) is -0.574. The Hall–Kier alpha value is -1.24. The molecule has 1 aromatic rings. The highest BCUT2D eigenvalue weighted by Gasteiger charge is 2.12. The van der Waals surface area contributed by atoms with Crippen molar-refractivity contribution in [1.82, 2.24) is 0 Å². The second-order valence-electron chi connectivity index (χ2n) is 3.07. The van der Waals surface area contributed by atoms with Gasteiger partial charge in [-0.25, -0.2) is 4.79 Å². The number of rotatable bonds is 4. The predicted octanol–water partition coefficient (Wildman–Crippen LogP) is 1.69. The van der Waals surface area contributed by atoms with Crippen molar-refractivity contribution in [2.24, 2.45) is 0 Å². The van der Waals surface area contributed by atoms with E-state index in [2.05, 4.69) is 8.92 Å². The fraction of sp³-hybridized carbons (Fsp3) is 0.300. The van der Waals surface area contributed by atoms with Gasteiger partial charge in [0.25, 0.3) is 0 Å². The normalized spacial score (nSPS) is 14.2. The number of esters is 1.